The number of benzene rings is 1. The van der Waals surface area contributed by atoms with Gasteiger partial charge in [0, 0.05) is 62.3 Å². The molecule has 3 atom stereocenters. The number of nitrogens with zero attached hydrogens (tertiary/aromatic N) is 8. The van der Waals surface area contributed by atoms with E-state index >= 15 is 4.39 Å². The van der Waals surface area contributed by atoms with Gasteiger partial charge in [0.05, 0.1) is 12.6 Å². The summed E-state index contributed by atoms with van der Waals surface area (Å²) in [6.07, 6.45) is 0.157. The Morgan fingerprint density at radius 2 is 1.91 bits per heavy atom. The summed E-state index contributed by atoms with van der Waals surface area (Å²) in [4.78, 5) is 13.9. The average molecular weight is 633 g/mol. The maximum Gasteiger partial charge on any atom is 0.263 e. The molecular formula is C31H37F5N8O. The lowest BCUT2D eigenvalue weighted by atomic mass is 9.73. The Morgan fingerprint density at radius 3 is 2.56 bits per heavy atom. The molecule has 0 radical (unpaired) electrons. The van der Waals surface area contributed by atoms with Gasteiger partial charge in [-0.25, -0.2) is 31.3 Å². The second-order valence-corrected chi connectivity index (χ2v) is 12.1. The molecule has 1 saturated carbocycles. The molecule has 2 saturated heterocycles. The van der Waals surface area contributed by atoms with Gasteiger partial charge in [0.1, 0.15) is 23.5 Å². The summed E-state index contributed by atoms with van der Waals surface area (Å²) in [5.41, 5.74) is 1.28. The highest BCUT2D eigenvalue weighted by Crippen LogP contribution is 2.51. The van der Waals surface area contributed by atoms with Crippen LogP contribution in [0.5, 0.6) is 0 Å². The zero-order valence-electron chi connectivity index (χ0n) is 25.4. The smallest absolute Gasteiger partial charge is 0.263 e. The van der Waals surface area contributed by atoms with Crippen molar-refractivity contribution in [2.45, 2.75) is 76.6 Å². The van der Waals surface area contributed by atoms with E-state index < -0.39 is 35.7 Å². The normalized spacial score (nSPS) is 23.0. The lowest BCUT2D eigenvalue weighted by molar-refractivity contribution is -0.134. The van der Waals surface area contributed by atoms with Crippen LogP contribution in [0.1, 0.15) is 62.0 Å². The molecular weight excluding hydrogens is 595 g/mol. The third-order valence-electron chi connectivity index (χ3n) is 9.21. The summed E-state index contributed by atoms with van der Waals surface area (Å²) in [7, 11) is 0. The summed E-state index contributed by atoms with van der Waals surface area (Å²) in [5, 5.41) is 8.31. The van der Waals surface area contributed by atoms with Crippen LogP contribution < -0.4 is 4.90 Å². The molecule has 4 aromatic rings. The Kier molecular flexibility index (Phi) is 8.55. The standard InChI is InChI=1S/C29H33F5N8O.C2H4/c1-16-13-39(24(19-11-29(33,34)12-19)21-6-5-18(25(31)32)10-22(21)30)7-8-40(16)26-23-27(42-15-35-38-28(42)37-26)41(17(2)36-23)14-20-4-3-9-43-20;1-2/h5-6,10,15-16,19-20,24-25H,3-4,7-9,11-14H2,1-2H3;1-2H2/t16-,20-,24?;/m0./s1. The van der Waals surface area contributed by atoms with Crippen molar-refractivity contribution in [1.29, 1.82) is 0 Å². The van der Waals surface area contributed by atoms with Crippen molar-refractivity contribution in [1.82, 2.24) is 34.0 Å². The predicted molar refractivity (Wildman–Crippen MR) is 159 cm³/mol. The molecule has 14 heteroatoms. The minimum absolute atomic E-state index is 0.0905. The number of anilines is 1. The number of alkyl halides is 4. The third kappa shape index (κ3) is 5.78. The van der Waals surface area contributed by atoms with Crippen molar-refractivity contribution >= 4 is 22.8 Å². The van der Waals surface area contributed by atoms with E-state index in [2.05, 4.69) is 32.8 Å². The molecule has 0 spiro atoms. The van der Waals surface area contributed by atoms with Crippen LogP contribution in [0.15, 0.2) is 37.7 Å². The van der Waals surface area contributed by atoms with Crippen LogP contribution in [0.2, 0.25) is 0 Å². The van der Waals surface area contributed by atoms with Crippen LogP contribution in [0, 0.1) is 18.7 Å². The molecule has 0 amide bonds. The first kappa shape index (κ1) is 31.3. The van der Waals surface area contributed by atoms with Crippen molar-refractivity contribution in [2.75, 3.05) is 31.1 Å². The van der Waals surface area contributed by atoms with Gasteiger partial charge in [-0.2, -0.15) is 4.98 Å². The molecule has 7 rings (SSSR count). The van der Waals surface area contributed by atoms with Gasteiger partial charge in [-0.1, -0.05) is 12.1 Å². The van der Waals surface area contributed by atoms with Gasteiger partial charge >= 0.3 is 0 Å². The van der Waals surface area contributed by atoms with Gasteiger partial charge in [-0.15, -0.1) is 23.4 Å². The van der Waals surface area contributed by atoms with E-state index in [9.17, 15) is 17.6 Å². The van der Waals surface area contributed by atoms with Crippen LogP contribution in [0.4, 0.5) is 27.8 Å². The Labute approximate surface area is 257 Å². The third-order valence-corrected chi connectivity index (χ3v) is 9.21. The monoisotopic (exact) mass is 632 g/mol. The number of halogens is 5. The zero-order valence-corrected chi connectivity index (χ0v) is 25.4. The molecule has 242 valence electrons. The molecule has 1 aliphatic carbocycles. The van der Waals surface area contributed by atoms with Crippen LogP contribution in [0.3, 0.4) is 0 Å². The molecule has 1 aromatic carbocycles. The van der Waals surface area contributed by atoms with E-state index in [0.29, 0.717) is 43.3 Å². The van der Waals surface area contributed by atoms with Gasteiger partial charge in [-0.3, -0.25) is 4.90 Å². The molecule has 3 aromatic heterocycles. The zero-order chi connectivity index (χ0) is 32.0. The highest BCUT2D eigenvalue weighted by atomic mass is 19.3. The summed E-state index contributed by atoms with van der Waals surface area (Å²) in [5.74, 6) is -2.19. The lowest BCUT2D eigenvalue weighted by Gasteiger charge is -2.49. The second-order valence-electron chi connectivity index (χ2n) is 12.1. The first-order valence-electron chi connectivity index (χ1n) is 15.2. The number of ether oxygens (including phenoxy) is 1. The van der Waals surface area contributed by atoms with E-state index in [4.69, 9.17) is 14.7 Å². The second kappa shape index (κ2) is 12.3. The molecule has 3 aliphatic rings. The summed E-state index contributed by atoms with van der Waals surface area (Å²) < 4.78 is 79.6. The van der Waals surface area contributed by atoms with Gasteiger partial charge in [0.15, 0.2) is 11.5 Å². The fourth-order valence-corrected chi connectivity index (χ4v) is 7.11. The highest BCUT2D eigenvalue weighted by Gasteiger charge is 2.51. The fraction of sp³-hybridized carbons (Fsp3) is 0.548. The van der Waals surface area contributed by atoms with Crippen LogP contribution >= 0.6 is 0 Å². The number of aryl methyl sites for hydroxylation is 1. The minimum Gasteiger partial charge on any atom is -0.376 e. The maximum absolute atomic E-state index is 15.2. The van der Waals surface area contributed by atoms with E-state index in [1.54, 1.807) is 6.33 Å². The molecule has 2 aliphatic heterocycles. The van der Waals surface area contributed by atoms with E-state index in [1.165, 1.54) is 12.1 Å². The fourth-order valence-electron chi connectivity index (χ4n) is 7.11. The summed E-state index contributed by atoms with van der Waals surface area (Å²) >= 11 is 0. The number of hydrogen-bond donors (Lipinski definition) is 0. The lowest BCUT2D eigenvalue weighted by Crippen LogP contribution is -2.56. The Hall–Kier alpha value is -3.65. The van der Waals surface area contributed by atoms with Crippen LogP contribution in [-0.2, 0) is 11.3 Å². The van der Waals surface area contributed by atoms with Crippen molar-refractivity contribution in [2.24, 2.45) is 5.92 Å². The Balaban J connectivity index is 0.00000175. The molecule has 0 N–H and O–H groups in total. The molecule has 1 unspecified atom stereocenters. The number of rotatable bonds is 7. The topological polar surface area (TPSA) is 76.6 Å². The highest BCUT2D eigenvalue weighted by molar-refractivity contribution is 5.87. The Morgan fingerprint density at radius 1 is 1.13 bits per heavy atom. The van der Waals surface area contributed by atoms with Gasteiger partial charge in [0.25, 0.3) is 12.2 Å². The quantitative estimate of drug-likeness (QED) is 0.179. The first-order chi connectivity index (χ1) is 21.6. The molecule has 5 heterocycles. The molecule has 0 bridgehead atoms. The van der Waals surface area contributed by atoms with Crippen LogP contribution in [-0.4, -0.2) is 78.3 Å². The SMILES string of the molecule is C=C.Cc1nc2c(N3CCN(C(c4ccc(C(F)F)cc4F)C4CC(F)(F)C4)C[C@@H]3C)nc3nncn3c2n1C[C@@H]1CCCO1. The van der Waals surface area contributed by atoms with E-state index in [1.807, 2.05) is 23.1 Å². The van der Waals surface area contributed by atoms with Crippen molar-refractivity contribution in [3.05, 3.63) is 60.5 Å². The predicted octanol–water partition coefficient (Wildman–Crippen LogP) is 6.14. The molecule has 45 heavy (non-hydrogen) atoms. The number of aromatic nitrogens is 6. The minimum atomic E-state index is -2.82. The average Bonchev–Trinajstić information content (AvgIpc) is 3.75. The number of piperazine rings is 1. The molecule has 3 fully saturated rings. The maximum atomic E-state index is 15.2. The first-order valence-corrected chi connectivity index (χ1v) is 15.2. The molecule has 9 nitrogen and oxygen atoms in total. The van der Waals surface area contributed by atoms with Crippen molar-refractivity contribution < 1.29 is 26.7 Å². The number of fused-ring (bicyclic) bond motifs is 3. The van der Waals surface area contributed by atoms with E-state index in [-0.39, 0.29) is 30.6 Å². The van der Waals surface area contributed by atoms with Crippen LogP contribution in [0.25, 0.3) is 16.9 Å². The number of imidazole rings is 1. The van der Waals surface area contributed by atoms with Crippen molar-refractivity contribution in [3.8, 4) is 0 Å². The summed E-state index contributed by atoms with van der Waals surface area (Å²) in [6, 6.07) is 2.55. The van der Waals surface area contributed by atoms with E-state index in [0.717, 1.165) is 37.0 Å². The largest absolute Gasteiger partial charge is 0.376 e. The number of hydrogen-bond acceptors (Lipinski definition) is 7. The van der Waals surface area contributed by atoms with Gasteiger partial charge < -0.3 is 14.2 Å². The van der Waals surface area contributed by atoms with Gasteiger partial charge in [0.2, 0.25) is 5.92 Å². The summed E-state index contributed by atoms with van der Waals surface area (Å²) in [6.45, 7) is 12.7. The van der Waals surface area contributed by atoms with Gasteiger partial charge in [-0.05, 0) is 38.7 Å². The van der Waals surface area contributed by atoms with Crippen molar-refractivity contribution in [3.63, 3.8) is 0 Å². The Bertz CT molecular complexity index is 1660.